The van der Waals surface area contributed by atoms with E-state index in [0.29, 0.717) is 29.6 Å². The fraction of sp³-hybridized carbons (Fsp3) is 0.462. The molecule has 1 aliphatic carbocycles. The predicted octanol–water partition coefficient (Wildman–Crippen LogP) is 4.55. The maximum absolute atomic E-state index is 13.8. The molecule has 3 aromatic rings. The number of benzene rings is 1. The SMILES string of the molecule is COc1cccc(OC)c1-c1cn(COCC[Si](C)(C)C)c2nc(NC(=O)C3C(F)C3CO)ccc12. The zero-order chi connectivity index (χ0) is 26.0. The van der Waals surface area contributed by atoms with Crippen molar-refractivity contribution in [1.82, 2.24) is 9.55 Å². The van der Waals surface area contributed by atoms with Crippen molar-refractivity contribution < 1.29 is 28.5 Å². The first-order valence-corrected chi connectivity index (χ1v) is 15.7. The lowest BCUT2D eigenvalue weighted by molar-refractivity contribution is -0.118. The van der Waals surface area contributed by atoms with E-state index < -0.39 is 32.0 Å². The summed E-state index contributed by atoms with van der Waals surface area (Å²) in [5.41, 5.74) is 2.25. The van der Waals surface area contributed by atoms with Crippen LogP contribution in [-0.4, -0.2) is 62.2 Å². The molecule has 2 N–H and O–H groups in total. The highest BCUT2D eigenvalue weighted by Gasteiger charge is 2.55. The van der Waals surface area contributed by atoms with Crippen molar-refractivity contribution in [2.75, 3.05) is 32.8 Å². The molecule has 10 heteroatoms. The van der Waals surface area contributed by atoms with Crippen LogP contribution in [-0.2, 0) is 16.3 Å². The number of rotatable bonds is 11. The quantitative estimate of drug-likeness (QED) is 0.287. The Hall–Kier alpha value is -2.95. The summed E-state index contributed by atoms with van der Waals surface area (Å²) in [6.07, 6.45) is 0.616. The number of aromatic nitrogens is 2. The van der Waals surface area contributed by atoms with Crippen LogP contribution in [0, 0.1) is 11.8 Å². The summed E-state index contributed by atoms with van der Waals surface area (Å²) < 4.78 is 33.0. The number of aliphatic hydroxyl groups is 1. The third-order valence-electron chi connectivity index (χ3n) is 6.48. The molecule has 1 saturated carbocycles. The molecule has 1 amide bonds. The Morgan fingerprint density at radius 2 is 1.86 bits per heavy atom. The number of hydrogen-bond acceptors (Lipinski definition) is 6. The Kier molecular flexibility index (Phi) is 7.67. The van der Waals surface area contributed by atoms with Crippen molar-refractivity contribution in [2.45, 2.75) is 38.6 Å². The molecule has 3 unspecified atom stereocenters. The second kappa shape index (κ2) is 10.6. The molecule has 8 nitrogen and oxygen atoms in total. The Labute approximate surface area is 211 Å². The lowest BCUT2D eigenvalue weighted by Gasteiger charge is -2.15. The average molecular weight is 516 g/mol. The summed E-state index contributed by atoms with van der Waals surface area (Å²) in [6.45, 7) is 7.47. The Morgan fingerprint density at radius 3 is 2.44 bits per heavy atom. The Bertz CT molecular complexity index is 1220. The molecule has 4 rings (SSSR count). The molecule has 2 aromatic heterocycles. The monoisotopic (exact) mass is 515 g/mol. The number of nitrogens with one attached hydrogen (secondary N) is 1. The van der Waals surface area contributed by atoms with Crippen molar-refractivity contribution in [3.05, 3.63) is 36.5 Å². The van der Waals surface area contributed by atoms with Crippen molar-refractivity contribution in [2.24, 2.45) is 11.8 Å². The smallest absolute Gasteiger partial charge is 0.232 e. The van der Waals surface area contributed by atoms with Gasteiger partial charge in [-0.1, -0.05) is 25.7 Å². The molecular formula is C26H34FN3O5Si. The largest absolute Gasteiger partial charge is 0.496 e. The van der Waals surface area contributed by atoms with Gasteiger partial charge in [-0.25, -0.2) is 9.37 Å². The van der Waals surface area contributed by atoms with E-state index >= 15 is 0 Å². The maximum atomic E-state index is 13.8. The molecular weight excluding hydrogens is 481 g/mol. The first-order chi connectivity index (χ1) is 17.2. The highest BCUT2D eigenvalue weighted by Crippen LogP contribution is 2.44. The molecule has 194 valence electrons. The van der Waals surface area contributed by atoms with Crippen molar-refractivity contribution in [1.29, 1.82) is 0 Å². The number of carbonyl (C=O) groups excluding carboxylic acids is 1. The van der Waals surface area contributed by atoms with E-state index in [1.54, 1.807) is 20.3 Å². The lowest BCUT2D eigenvalue weighted by Crippen LogP contribution is -2.22. The number of hydrogen-bond donors (Lipinski definition) is 2. The number of pyridine rings is 1. The highest BCUT2D eigenvalue weighted by molar-refractivity contribution is 6.76. The van der Waals surface area contributed by atoms with E-state index in [0.717, 1.165) is 22.6 Å². The minimum atomic E-state index is -1.33. The first kappa shape index (κ1) is 26.1. The fourth-order valence-electron chi connectivity index (χ4n) is 4.28. The van der Waals surface area contributed by atoms with E-state index in [9.17, 15) is 14.3 Å². The number of carbonyl (C=O) groups is 1. The van der Waals surface area contributed by atoms with Gasteiger partial charge in [-0.2, -0.15) is 0 Å². The van der Waals surface area contributed by atoms with Crippen molar-refractivity contribution >= 4 is 30.8 Å². The summed E-state index contributed by atoms with van der Waals surface area (Å²) in [5.74, 6) is -0.362. The summed E-state index contributed by atoms with van der Waals surface area (Å²) >= 11 is 0. The first-order valence-electron chi connectivity index (χ1n) is 12.0. The lowest BCUT2D eigenvalue weighted by atomic mass is 10.0. The van der Waals surface area contributed by atoms with Crippen LogP contribution in [0.15, 0.2) is 36.5 Å². The van der Waals surface area contributed by atoms with Gasteiger partial charge in [-0.3, -0.25) is 4.79 Å². The molecule has 1 aliphatic rings. The summed E-state index contributed by atoms with van der Waals surface area (Å²) in [4.78, 5) is 17.2. The van der Waals surface area contributed by atoms with Crippen LogP contribution < -0.4 is 14.8 Å². The van der Waals surface area contributed by atoms with Crippen LogP contribution in [0.4, 0.5) is 10.2 Å². The van der Waals surface area contributed by atoms with Gasteiger partial charge >= 0.3 is 0 Å². The van der Waals surface area contributed by atoms with Gasteiger partial charge in [0.1, 0.15) is 35.9 Å². The van der Waals surface area contributed by atoms with Gasteiger partial charge in [0, 0.05) is 44.4 Å². The van der Waals surface area contributed by atoms with Crippen molar-refractivity contribution in [3.8, 4) is 22.6 Å². The molecule has 0 spiro atoms. The standard InChI is InChI=1S/C26H34FN3O5Si/c1-33-19-7-6-8-20(34-2)22(19)17-13-30(15-35-11-12-36(3,4)5)25-16(17)9-10-21(28-25)29-26(32)23-18(14-31)24(23)27/h6-10,13,18,23-24,31H,11-12,14-15H2,1-5H3,(H,28,29,32). The molecule has 0 bridgehead atoms. The number of methoxy groups -OCH3 is 2. The van der Waals surface area contributed by atoms with E-state index in [1.165, 1.54) is 0 Å². The zero-order valence-electron chi connectivity index (χ0n) is 21.4. The van der Waals surface area contributed by atoms with Crippen LogP contribution in [0.1, 0.15) is 0 Å². The maximum Gasteiger partial charge on any atom is 0.232 e. The molecule has 36 heavy (non-hydrogen) atoms. The molecule has 1 aromatic carbocycles. The summed E-state index contributed by atoms with van der Waals surface area (Å²) in [6, 6.07) is 10.2. The average Bonchev–Trinajstić information content (AvgIpc) is 3.39. The zero-order valence-corrected chi connectivity index (χ0v) is 22.4. The minimum absolute atomic E-state index is 0.282. The number of aliphatic hydroxyl groups excluding tert-OH is 1. The topological polar surface area (TPSA) is 94.8 Å². The van der Waals surface area contributed by atoms with E-state index in [2.05, 4.69) is 29.9 Å². The van der Waals surface area contributed by atoms with Gasteiger partial charge in [0.15, 0.2) is 0 Å². The Balaban J connectivity index is 1.70. The van der Waals surface area contributed by atoms with Crippen LogP contribution >= 0.6 is 0 Å². The van der Waals surface area contributed by atoms with Gasteiger partial charge in [0.2, 0.25) is 5.91 Å². The Morgan fingerprint density at radius 1 is 1.17 bits per heavy atom. The third kappa shape index (κ3) is 5.40. The predicted molar refractivity (Wildman–Crippen MR) is 140 cm³/mol. The second-order valence-corrected chi connectivity index (χ2v) is 15.9. The van der Waals surface area contributed by atoms with Gasteiger partial charge in [0.25, 0.3) is 0 Å². The number of fused-ring (bicyclic) bond motifs is 1. The second-order valence-electron chi connectivity index (χ2n) is 10.3. The highest BCUT2D eigenvalue weighted by atomic mass is 28.3. The number of amides is 1. The number of ether oxygens (including phenoxy) is 3. The molecule has 1 fully saturated rings. The van der Waals surface area contributed by atoms with Gasteiger partial charge < -0.3 is 29.2 Å². The number of halogens is 1. The number of anilines is 1. The van der Waals surface area contributed by atoms with Gasteiger partial charge in [-0.15, -0.1) is 0 Å². The van der Waals surface area contributed by atoms with Gasteiger partial charge in [-0.05, 0) is 30.3 Å². The van der Waals surface area contributed by atoms with Gasteiger partial charge in [0.05, 0.1) is 25.7 Å². The van der Waals surface area contributed by atoms with Crippen LogP contribution in [0.5, 0.6) is 11.5 Å². The third-order valence-corrected chi connectivity index (χ3v) is 8.19. The van der Waals surface area contributed by atoms with Crippen LogP contribution in [0.3, 0.4) is 0 Å². The van der Waals surface area contributed by atoms with Crippen LogP contribution in [0.25, 0.3) is 22.2 Å². The molecule has 0 radical (unpaired) electrons. The number of nitrogens with zero attached hydrogens (tertiary/aromatic N) is 2. The van der Waals surface area contributed by atoms with Crippen molar-refractivity contribution in [3.63, 3.8) is 0 Å². The number of alkyl halides is 1. The van der Waals surface area contributed by atoms with E-state index in [-0.39, 0.29) is 13.3 Å². The molecule has 0 saturated heterocycles. The minimum Gasteiger partial charge on any atom is -0.496 e. The molecule has 3 atom stereocenters. The summed E-state index contributed by atoms with van der Waals surface area (Å²) in [5, 5.41) is 12.7. The fourth-order valence-corrected chi connectivity index (χ4v) is 5.04. The van der Waals surface area contributed by atoms with E-state index in [4.69, 9.17) is 14.2 Å². The summed E-state index contributed by atoms with van der Waals surface area (Å²) in [7, 11) is 1.97. The molecule has 2 heterocycles. The van der Waals surface area contributed by atoms with Crippen LogP contribution in [0.2, 0.25) is 25.7 Å². The normalized spacial score (nSPS) is 19.4. The molecule has 0 aliphatic heterocycles. The van der Waals surface area contributed by atoms with E-state index in [1.807, 2.05) is 35.0 Å².